The lowest BCUT2D eigenvalue weighted by Gasteiger charge is -2.17. The number of aromatic nitrogens is 1. The summed E-state index contributed by atoms with van der Waals surface area (Å²) < 4.78 is 82.9. The maximum atomic E-state index is 14.2. The van der Waals surface area contributed by atoms with E-state index in [-0.39, 0.29) is 29.2 Å². The Morgan fingerprint density at radius 3 is 2.34 bits per heavy atom. The van der Waals surface area contributed by atoms with Gasteiger partial charge < -0.3 is 10.1 Å². The number of ether oxygens (including phenoxy) is 1. The fraction of sp³-hybridized carbons (Fsp3) is 0.400. The van der Waals surface area contributed by atoms with Gasteiger partial charge in [-0.2, -0.15) is 13.2 Å². The monoisotopic (exact) mass is 477 g/mol. The van der Waals surface area contributed by atoms with Crippen LogP contribution in [-0.4, -0.2) is 31.7 Å². The van der Waals surface area contributed by atoms with Crippen LogP contribution < -0.4 is 14.8 Å². The second-order valence-corrected chi connectivity index (χ2v) is 9.13. The van der Waals surface area contributed by atoms with Crippen molar-refractivity contribution in [3.8, 4) is 5.88 Å². The summed E-state index contributed by atoms with van der Waals surface area (Å²) in [6, 6.07) is 5.59. The molecule has 0 saturated carbocycles. The molecule has 1 aromatic heterocycles. The fourth-order valence-corrected chi connectivity index (χ4v) is 3.22. The number of rotatable bonds is 8. The lowest BCUT2D eigenvalue weighted by Crippen LogP contribution is -2.28. The van der Waals surface area contributed by atoms with Crippen molar-refractivity contribution in [2.45, 2.75) is 45.5 Å². The zero-order chi connectivity index (χ0) is 24.3. The van der Waals surface area contributed by atoms with Gasteiger partial charge in [-0.15, -0.1) is 0 Å². The first-order valence-electron chi connectivity index (χ1n) is 9.46. The highest BCUT2D eigenvalue weighted by Crippen LogP contribution is 2.30. The quantitative estimate of drug-likeness (QED) is 0.564. The molecule has 2 rings (SSSR count). The van der Waals surface area contributed by atoms with E-state index in [2.05, 4.69) is 10.3 Å². The van der Waals surface area contributed by atoms with E-state index in [1.165, 1.54) is 25.1 Å². The van der Waals surface area contributed by atoms with Gasteiger partial charge in [0.25, 0.3) is 0 Å². The van der Waals surface area contributed by atoms with Crippen molar-refractivity contribution >= 4 is 21.6 Å². The minimum absolute atomic E-state index is 0.160. The summed E-state index contributed by atoms with van der Waals surface area (Å²) in [5.41, 5.74) is -0.848. The van der Waals surface area contributed by atoms with E-state index in [0.29, 0.717) is 0 Å². The largest absolute Gasteiger partial charge is 0.475 e. The van der Waals surface area contributed by atoms with E-state index in [4.69, 9.17) is 4.74 Å². The number of hydrogen-bond acceptors (Lipinski definition) is 5. The lowest BCUT2D eigenvalue weighted by atomic mass is 9.99. The molecule has 2 N–H and O–H groups in total. The van der Waals surface area contributed by atoms with Crippen molar-refractivity contribution in [1.29, 1.82) is 0 Å². The first-order chi connectivity index (χ1) is 14.7. The smallest absolute Gasteiger partial charge is 0.433 e. The lowest BCUT2D eigenvalue weighted by molar-refractivity contribution is -0.141. The predicted molar refractivity (Wildman–Crippen MR) is 110 cm³/mol. The number of halogens is 4. The van der Waals surface area contributed by atoms with E-state index in [0.717, 1.165) is 18.4 Å². The Labute approximate surface area is 183 Å². The SMILES string of the molecule is CC(C)Oc1nc(C(F)(F)F)ccc1CNC(=O)C(C)c1ccc(NS(C)(=O)=O)c(F)c1. The van der Waals surface area contributed by atoms with Crippen LogP contribution >= 0.6 is 0 Å². The van der Waals surface area contributed by atoms with Crippen molar-refractivity contribution in [2.24, 2.45) is 0 Å². The average Bonchev–Trinajstić information content (AvgIpc) is 2.65. The van der Waals surface area contributed by atoms with Crippen molar-refractivity contribution in [3.05, 3.63) is 53.0 Å². The van der Waals surface area contributed by atoms with E-state index in [1.807, 2.05) is 4.72 Å². The number of hydrogen-bond donors (Lipinski definition) is 2. The molecule has 1 unspecified atom stereocenters. The number of carbonyl (C=O) groups excluding carboxylic acids is 1. The van der Waals surface area contributed by atoms with Crippen LogP contribution in [0.1, 0.15) is 43.5 Å². The molecule has 1 atom stereocenters. The second-order valence-electron chi connectivity index (χ2n) is 7.38. The Balaban J connectivity index is 2.15. The summed E-state index contributed by atoms with van der Waals surface area (Å²) >= 11 is 0. The molecule has 0 fully saturated rings. The number of carbonyl (C=O) groups is 1. The number of benzene rings is 1. The highest BCUT2D eigenvalue weighted by Gasteiger charge is 2.33. The minimum atomic E-state index is -4.65. The van der Waals surface area contributed by atoms with Gasteiger partial charge >= 0.3 is 6.18 Å². The van der Waals surface area contributed by atoms with Crippen LogP contribution in [0.25, 0.3) is 0 Å². The predicted octanol–water partition coefficient (Wildman–Crippen LogP) is 3.82. The summed E-state index contributed by atoms with van der Waals surface area (Å²) in [4.78, 5) is 16.0. The molecule has 0 spiro atoms. The van der Waals surface area contributed by atoms with Gasteiger partial charge in [0.2, 0.25) is 21.8 Å². The first kappa shape index (κ1) is 25.4. The summed E-state index contributed by atoms with van der Waals surface area (Å²) in [7, 11) is -3.67. The van der Waals surface area contributed by atoms with Gasteiger partial charge in [0, 0.05) is 12.1 Å². The van der Waals surface area contributed by atoms with Gasteiger partial charge in [-0.1, -0.05) is 6.07 Å². The summed E-state index contributed by atoms with van der Waals surface area (Å²) in [5.74, 6) is -2.45. The molecular weight excluding hydrogens is 454 g/mol. The number of nitrogens with one attached hydrogen (secondary N) is 2. The van der Waals surface area contributed by atoms with Crippen molar-refractivity contribution < 1.29 is 35.5 Å². The second kappa shape index (κ2) is 9.72. The molecule has 12 heteroatoms. The van der Waals surface area contributed by atoms with Gasteiger partial charge in [-0.25, -0.2) is 17.8 Å². The highest BCUT2D eigenvalue weighted by molar-refractivity contribution is 7.92. The number of alkyl halides is 3. The summed E-state index contributed by atoms with van der Waals surface area (Å²) in [5, 5.41) is 2.57. The van der Waals surface area contributed by atoms with Gasteiger partial charge in [-0.05, 0) is 50.6 Å². The molecule has 0 aliphatic heterocycles. The Hall–Kier alpha value is -2.89. The molecular formula is C20H23F4N3O4S. The van der Waals surface area contributed by atoms with Gasteiger partial charge in [0.05, 0.1) is 24.0 Å². The fourth-order valence-electron chi connectivity index (χ4n) is 2.66. The zero-order valence-electron chi connectivity index (χ0n) is 17.7. The van der Waals surface area contributed by atoms with E-state index in [1.54, 1.807) is 13.8 Å². The number of nitrogens with zero attached hydrogens (tertiary/aromatic N) is 1. The van der Waals surface area contributed by atoms with Crippen LogP contribution in [0, 0.1) is 5.82 Å². The average molecular weight is 477 g/mol. The Kier molecular flexibility index (Phi) is 7.70. The van der Waals surface area contributed by atoms with Crippen molar-refractivity contribution in [1.82, 2.24) is 10.3 Å². The van der Waals surface area contributed by atoms with Crippen LogP contribution in [-0.2, 0) is 27.5 Å². The molecule has 0 aliphatic rings. The van der Waals surface area contributed by atoms with E-state index < -0.39 is 45.6 Å². The summed E-state index contributed by atoms with van der Waals surface area (Å²) in [6.45, 7) is 4.60. The van der Waals surface area contributed by atoms with Gasteiger partial charge in [-0.3, -0.25) is 9.52 Å². The maximum Gasteiger partial charge on any atom is 0.433 e. The first-order valence-corrected chi connectivity index (χ1v) is 11.3. The molecule has 1 heterocycles. The van der Waals surface area contributed by atoms with Gasteiger partial charge in [0.15, 0.2) is 0 Å². The zero-order valence-corrected chi connectivity index (χ0v) is 18.6. The van der Waals surface area contributed by atoms with Crippen LogP contribution in [0.4, 0.5) is 23.2 Å². The highest BCUT2D eigenvalue weighted by atomic mass is 32.2. The molecule has 7 nitrogen and oxygen atoms in total. The number of amides is 1. The Morgan fingerprint density at radius 1 is 1.16 bits per heavy atom. The third-order valence-corrected chi connectivity index (χ3v) is 4.80. The maximum absolute atomic E-state index is 14.2. The Bertz CT molecular complexity index is 1090. The summed E-state index contributed by atoms with van der Waals surface area (Å²) in [6.07, 6.45) is -4.21. The molecule has 176 valence electrons. The molecule has 1 aromatic carbocycles. The molecule has 0 aliphatic carbocycles. The normalized spacial score (nSPS) is 13.0. The third kappa shape index (κ3) is 7.08. The van der Waals surface area contributed by atoms with Crippen molar-refractivity contribution in [2.75, 3.05) is 11.0 Å². The Morgan fingerprint density at radius 2 is 1.81 bits per heavy atom. The minimum Gasteiger partial charge on any atom is -0.475 e. The van der Waals surface area contributed by atoms with Crippen LogP contribution in [0.5, 0.6) is 5.88 Å². The molecule has 0 saturated heterocycles. The van der Waals surface area contributed by atoms with Crippen LogP contribution in [0.3, 0.4) is 0 Å². The molecule has 1 amide bonds. The standard InChI is InChI=1S/C20H23F4N3O4S/c1-11(2)31-19-14(6-8-17(26-19)20(22,23)24)10-25-18(28)12(3)13-5-7-16(15(21)9-13)27-32(4,29)30/h5-9,11-12,27H,10H2,1-4H3,(H,25,28). The number of pyridine rings is 1. The topological polar surface area (TPSA) is 97.4 Å². The van der Waals surface area contributed by atoms with E-state index in [9.17, 15) is 30.8 Å². The van der Waals surface area contributed by atoms with Crippen LogP contribution in [0.2, 0.25) is 0 Å². The third-order valence-electron chi connectivity index (χ3n) is 4.21. The number of anilines is 1. The van der Waals surface area contributed by atoms with Crippen molar-refractivity contribution in [3.63, 3.8) is 0 Å². The van der Waals surface area contributed by atoms with Crippen LogP contribution in [0.15, 0.2) is 30.3 Å². The molecule has 2 aromatic rings. The van der Waals surface area contributed by atoms with Gasteiger partial charge in [0.1, 0.15) is 11.5 Å². The van der Waals surface area contributed by atoms with E-state index >= 15 is 0 Å². The molecule has 0 bridgehead atoms. The number of sulfonamides is 1. The molecule has 32 heavy (non-hydrogen) atoms. The molecule has 0 radical (unpaired) electrons.